The molecule has 0 aromatic heterocycles. The van der Waals surface area contributed by atoms with Gasteiger partial charge in [0.15, 0.2) is 6.10 Å². The Morgan fingerprint density at radius 1 is 0.368 bits per heavy atom. The monoisotopic (exact) mass is 793 g/mol. The highest BCUT2D eigenvalue weighted by Crippen LogP contribution is 2.13. The number of hydrogen-bond acceptors (Lipinski definition) is 6. The van der Waals surface area contributed by atoms with Gasteiger partial charge in [0.1, 0.15) is 13.2 Å². The number of unbranched alkanes of at least 4 members (excludes halogenated alkanes) is 15. The Morgan fingerprint density at radius 2 is 0.702 bits per heavy atom. The van der Waals surface area contributed by atoms with E-state index in [2.05, 4.69) is 106 Å². The standard InChI is InChI=1S/C51H84O6/c1-4-7-10-13-16-19-22-23-24-25-26-27-30-32-35-38-41-44-50(53)56-47-48(57-51(54)45-42-39-36-33-29-21-18-15-12-9-6-3)46-55-49(52)43-40-37-34-31-28-20-17-14-11-8-5-2/h9,12,16,18-19,21,23-24,26-27,32-33,35-36,48H,4-8,10-11,13-15,17,20,22,25,28-31,34,37-47H2,1-3H3/b12-9-,19-16-,21-18-,24-23-,27-26-,35-32-,36-33-. The summed E-state index contributed by atoms with van der Waals surface area (Å²) in [6.07, 6.45) is 57.2. The number of rotatable bonds is 40. The molecule has 324 valence electrons. The van der Waals surface area contributed by atoms with Crippen molar-refractivity contribution in [2.24, 2.45) is 0 Å². The number of allylic oxidation sites excluding steroid dienone is 14. The second-order valence-corrected chi connectivity index (χ2v) is 14.9. The predicted molar refractivity (Wildman–Crippen MR) is 242 cm³/mol. The summed E-state index contributed by atoms with van der Waals surface area (Å²) >= 11 is 0. The second kappa shape index (κ2) is 45.3. The summed E-state index contributed by atoms with van der Waals surface area (Å²) in [4.78, 5) is 37.7. The van der Waals surface area contributed by atoms with Gasteiger partial charge in [-0.2, -0.15) is 0 Å². The smallest absolute Gasteiger partial charge is 0.306 e. The molecule has 0 aliphatic heterocycles. The summed E-state index contributed by atoms with van der Waals surface area (Å²) in [5, 5.41) is 0. The third kappa shape index (κ3) is 43.6. The fourth-order valence-corrected chi connectivity index (χ4v) is 5.93. The fourth-order valence-electron chi connectivity index (χ4n) is 5.93. The molecule has 0 N–H and O–H groups in total. The van der Waals surface area contributed by atoms with Gasteiger partial charge < -0.3 is 14.2 Å². The van der Waals surface area contributed by atoms with Crippen LogP contribution < -0.4 is 0 Å². The minimum Gasteiger partial charge on any atom is -0.462 e. The lowest BCUT2D eigenvalue weighted by molar-refractivity contribution is -0.167. The van der Waals surface area contributed by atoms with Gasteiger partial charge in [0.05, 0.1) is 0 Å². The Labute approximate surface area is 350 Å². The first-order valence-corrected chi connectivity index (χ1v) is 23.1. The average Bonchev–Trinajstić information content (AvgIpc) is 3.21. The van der Waals surface area contributed by atoms with Crippen LogP contribution >= 0.6 is 0 Å². The highest BCUT2D eigenvalue weighted by atomic mass is 16.6. The van der Waals surface area contributed by atoms with Crippen molar-refractivity contribution >= 4 is 17.9 Å². The second-order valence-electron chi connectivity index (χ2n) is 14.9. The van der Waals surface area contributed by atoms with Crippen LogP contribution in [0.2, 0.25) is 0 Å². The van der Waals surface area contributed by atoms with Crippen molar-refractivity contribution in [3.63, 3.8) is 0 Å². The highest BCUT2D eigenvalue weighted by molar-refractivity contribution is 5.71. The minimum absolute atomic E-state index is 0.113. The fraction of sp³-hybridized carbons (Fsp3) is 0.667. The molecule has 0 aromatic carbocycles. The van der Waals surface area contributed by atoms with Gasteiger partial charge in [-0.15, -0.1) is 0 Å². The summed E-state index contributed by atoms with van der Waals surface area (Å²) in [5.74, 6) is -1.04. The highest BCUT2D eigenvalue weighted by Gasteiger charge is 2.19. The summed E-state index contributed by atoms with van der Waals surface area (Å²) in [7, 11) is 0. The van der Waals surface area contributed by atoms with E-state index in [0.29, 0.717) is 19.3 Å². The summed E-state index contributed by atoms with van der Waals surface area (Å²) in [5.41, 5.74) is 0. The van der Waals surface area contributed by atoms with Crippen LogP contribution in [0.25, 0.3) is 0 Å². The van der Waals surface area contributed by atoms with Gasteiger partial charge in [-0.1, -0.05) is 183 Å². The van der Waals surface area contributed by atoms with Crippen LogP contribution in [0.5, 0.6) is 0 Å². The maximum absolute atomic E-state index is 12.7. The number of hydrogen-bond donors (Lipinski definition) is 0. The van der Waals surface area contributed by atoms with Gasteiger partial charge >= 0.3 is 17.9 Å². The molecule has 0 aliphatic carbocycles. The van der Waals surface area contributed by atoms with Crippen LogP contribution in [-0.2, 0) is 28.6 Å². The van der Waals surface area contributed by atoms with Gasteiger partial charge in [0.2, 0.25) is 0 Å². The Bertz CT molecular complexity index is 1140. The van der Waals surface area contributed by atoms with Crippen molar-refractivity contribution in [2.45, 2.75) is 207 Å². The molecule has 0 aromatic rings. The van der Waals surface area contributed by atoms with Crippen LogP contribution in [0.15, 0.2) is 85.1 Å². The molecule has 0 saturated heterocycles. The van der Waals surface area contributed by atoms with Gasteiger partial charge in [-0.05, 0) is 83.5 Å². The molecule has 0 rings (SSSR count). The molecule has 0 aliphatic rings. The van der Waals surface area contributed by atoms with E-state index in [-0.39, 0.29) is 44.0 Å². The summed E-state index contributed by atoms with van der Waals surface area (Å²) in [6, 6.07) is 0. The molecule has 0 bridgehead atoms. The van der Waals surface area contributed by atoms with E-state index >= 15 is 0 Å². The van der Waals surface area contributed by atoms with Gasteiger partial charge in [-0.25, -0.2) is 0 Å². The van der Waals surface area contributed by atoms with Crippen LogP contribution in [0.1, 0.15) is 201 Å². The molecule has 0 radical (unpaired) electrons. The normalized spacial score (nSPS) is 12.8. The molecule has 57 heavy (non-hydrogen) atoms. The van der Waals surface area contributed by atoms with E-state index in [4.69, 9.17) is 14.2 Å². The SMILES string of the molecule is CC/C=C\C/C=C\C/C=C\CCCC(=O)OC(COC(=O)CCC/C=C\C/C=C\C/C=C\C/C=C\CCCCC)COC(=O)CCCCCCCCCCCCC. The Hall–Kier alpha value is -3.41. The Kier molecular flexibility index (Phi) is 42.6. The largest absolute Gasteiger partial charge is 0.462 e. The number of ether oxygens (including phenoxy) is 3. The molecule has 0 fully saturated rings. The van der Waals surface area contributed by atoms with E-state index in [1.165, 1.54) is 77.0 Å². The van der Waals surface area contributed by atoms with E-state index in [9.17, 15) is 14.4 Å². The first kappa shape index (κ1) is 53.6. The zero-order valence-corrected chi connectivity index (χ0v) is 36.8. The summed E-state index contributed by atoms with van der Waals surface area (Å²) < 4.78 is 16.6. The van der Waals surface area contributed by atoms with Crippen LogP contribution in [0.3, 0.4) is 0 Å². The van der Waals surface area contributed by atoms with Crippen molar-refractivity contribution in [1.82, 2.24) is 0 Å². The van der Waals surface area contributed by atoms with Gasteiger partial charge in [0, 0.05) is 19.3 Å². The maximum Gasteiger partial charge on any atom is 0.306 e. The number of esters is 3. The van der Waals surface area contributed by atoms with E-state index < -0.39 is 6.10 Å². The van der Waals surface area contributed by atoms with Crippen molar-refractivity contribution in [3.8, 4) is 0 Å². The third-order valence-electron chi connectivity index (χ3n) is 9.38. The number of carbonyl (C=O) groups excluding carboxylic acids is 3. The van der Waals surface area contributed by atoms with E-state index in [0.717, 1.165) is 70.6 Å². The molecule has 0 saturated carbocycles. The molecule has 0 spiro atoms. The van der Waals surface area contributed by atoms with Crippen LogP contribution in [-0.4, -0.2) is 37.2 Å². The quantitative estimate of drug-likeness (QED) is 0.0266. The zero-order chi connectivity index (χ0) is 41.5. The van der Waals surface area contributed by atoms with Crippen molar-refractivity contribution in [2.75, 3.05) is 13.2 Å². The molecule has 0 amide bonds. The third-order valence-corrected chi connectivity index (χ3v) is 9.38. The molecule has 1 atom stereocenters. The molecule has 1 unspecified atom stereocenters. The lowest BCUT2D eigenvalue weighted by Crippen LogP contribution is -2.30. The first-order valence-electron chi connectivity index (χ1n) is 23.1. The molecule has 6 heteroatoms. The van der Waals surface area contributed by atoms with Crippen molar-refractivity contribution in [1.29, 1.82) is 0 Å². The zero-order valence-electron chi connectivity index (χ0n) is 36.8. The topological polar surface area (TPSA) is 78.9 Å². The molecular formula is C51H84O6. The summed E-state index contributed by atoms with van der Waals surface area (Å²) in [6.45, 7) is 6.36. The van der Waals surface area contributed by atoms with Crippen LogP contribution in [0.4, 0.5) is 0 Å². The lowest BCUT2D eigenvalue weighted by atomic mass is 10.1. The van der Waals surface area contributed by atoms with Crippen molar-refractivity contribution < 1.29 is 28.6 Å². The van der Waals surface area contributed by atoms with Crippen molar-refractivity contribution in [3.05, 3.63) is 85.1 Å². The van der Waals surface area contributed by atoms with E-state index in [1.54, 1.807) is 0 Å². The molecule has 6 nitrogen and oxygen atoms in total. The minimum atomic E-state index is -0.821. The van der Waals surface area contributed by atoms with Gasteiger partial charge in [0.25, 0.3) is 0 Å². The van der Waals surface area contributed by atoms with Crippen LogP contribution in [0, 0.1) is 0 Å². The lowest BCUT2D eigenvalue weighted by Gasteiger charge is -2.18. The van der Waals surface area contributed by atoms with Gasteiger partial charge in [-0.3, -0.25) is 14.4 Å². The number of carbonyl (C=O) groups is 3. The Morgan fingerprint density at radius 3 is 1.14 bits per heavy atom. The predicted octanol–water partition coefficient (Wildman–Crippen LogP) is 14.9. The molecule has 0 heterocycles. The van der Waals surface area contributed by atoms with E-state index in [1.807, 2.05) is 0 Å². The Balaban J connectivity index is 4.51. The average molecular weight is 793 g/mol. The first-order chi connectivity index (χ1) is 28.0. The molecular weight excluding hydrogens is 709 g/mol. The maximum atomic E-state index is 12.7.